The van der Waals surface area contributed by atoms with Gasteiger partial charge in [-0.15, -0.1) is 6.58 Å². The van der Waals surface area contributed by atoms with Crippen LogP contribution in [0.25, 0.3) is 0 Å². The first-order valence-corrected chi connectivity index (χ1v) is 9.36. The molecule has 2 heteroatoms. The van der Waals surface area contributed by atoms with Crippen molar-refractivity contribution in [2.24, 2.45) is 15.9 Å². The van der Waals surface area contributed by atoms with Crippen molar-refractivity contribution in [1.82, 2.24) is 0 Å². The van der Waals surface area contributed by atoms with E-state index in [2.05, 4.69) is 64.4 Å². The fraction of sp³-hybridized carbons (Fsp3) is 0.333. The molecule has 0 aliphatic carbocycles. The normalized spacial score (nSPS) is 20.5. The minimum atomic E-state index is 0.138. The molecule has 0 amide bonds. The first-order chi connectivity index (χ1) is 12.5. The van der Waals surface area contributed by atoms with Crippen molar-refractivity contribution >= 4 is 11.4 Å². The predicted molar refractivity (Wildman–Crippen MR) is 115 cm³/mol. The summed E-state index contributed by atoms with van der Waals surface area (Å²) in [5, 5.41) is 0. The van der Waals surface area contributed by atoms with Gasteiger partial charge in [-0.3, -0.25) is 9.98 Å². The number of aliphatic imine (C=N–C) groups is 2. The van der Waals surface area contributed by atoms with E-state index in [1.54, 1.807) is 6.08 Å². The van der Waals surface area contributed by atoms with Crippen molar-refractivity contribution in [3.05, 3.63) is 85.6 Å². The highest BCUT2D eigenvalue weighted by molar-refractivity contribution is 6.10. The lowest BCUT2D eigenvalue weighted by atomic mass is 9.80. The predicted octanol–water partition coefficient (Wildman–Crippen LogP) is 6.28. The molecule has 0 fully saturated rings. The quantitative estimate of drug-likeness (QED) is 0.371. The van der Waals surface area contributed by atoms with Crippen molar-refractivity contribution in [3.8, 4) is 0 Å². The molecule has 0 bridgehead atoms. The van der Waals surface area contributed by atoms with Crippen LogP contribution in [0.5, 0.6) is 0 Å². The second-order valence-corrected chi connectivity index (χ2v) is 6.80. The zero-order valence-electron chi connectivity index (χ0n) is 16.1. The smallest absolute Gasteiger partial charge is 0.0647 e. The number of nitrogens with zero attached hydrogens (tertiary/aromatic N) is 2. The third kappa shape index (κ3) is 4.37. The van der Waals surface area contributed by atoms with Gasteiger partial charge in [-0.25, -0.2) is 0 Å². The van der Waals surface area contributed by atoms with Crippen molar-refractivity contribution < 1.29 is 0 Å². The first-order valence-electron chi connectivity index (χ1n) is 9.36. The maximum Gasteiger partial charge on any atom is 0.0647 e. The zero-order chi connectivity index (χ0) is 19.1. The minimum Gasteiger partial charge on any atom is -0.280 e. The van der Waals surface area contributed by atoms with E-state index in [-0.39, 0.29) is 12.0 Å². The van der Waals surface area contributed by atoms with Crippen molar-refractivity contribution in [2.45, 2.75) is 45.1 Å². The molecule has 2 nitrogen and oxygen atoms in total. The maximum absolute atomic E-state index is 5.00. The summed E-state index contributed by atoms with van der Waals surface area (Å²) in [6, 6.07) is 8.68. The molecule has 0 radical (unpaired) electrons. The maximum atomic E-state index is 5.00. The number of allylic oxidation sites excluding steroid dienone is 3. The average Bonchev–Trinajstić information content (AvgIpc) is 2.67. The highest BCUT2D eigenvalue weighted by Crippen LogP contribution is 2.37. The fourth-order valence-electron chi connectivity index (χ4n) is 3.53. The van der Waals surface area contributed by atoms with Gasteiger partial charge in [0.05, 0.1) is 11.8 Å². The van der Waals surface area contributed by atoms with Crippen molar-refractivity contribution in [1.29, 1.82) is 0 Å². The number of hydrogen-bond acceptors (Lipinski definition) is 2. The summed E-state index contributed by atoms with van der Waals surface area (Å²) in [4.78, 5) is 9.70. The van der Waals surface area contributed by atoms with E-state index in [9.17, 15) is 0 Å². The van der Waals surface area contributed by atoms with E-state index in [0.717, 1.165) is 36.4 Å². The Labute approximate surface area is 158 Å². The van der Waals surface area contributed by atoms with E-state index < -0.39 is 0 Å². The molecule has 136 valence electrons. The van der Waals surface area contributed by atoms with Crippen LogP contribution in [0.4, 0.5) is 0 Å². The van der Waals surface area contributed by atoms with Crippen LogP contribution in [0, 0.1) is 5.92 Å². The number of benzene rings is 1. The Balaban J connectivity index is 2.33. The number of fused-ring (bicyclic) bond motifs is 1. The van der Waals surface area contributed by atoms with Crippen LogP contribution in [0.1, 0.15) is 50.2 Å². The molecule has 26 heavy (non-hydrogen) atoms. The van der Waals surface area contributed by atoms with Gasteiger partial charge >= 0.3 is 0 Å². The fourth-order valence-corrected chi connectivity index (χ4v) is 3.53. The van der Waals surface area contributed by atoms with Gasteiger partial charge in [0, 0.05) is 35.2 Å². The standard InChI is InChI=1S/C24H30N2/c1-7-13-20-19-14-11-12-15-21(19)23(10-4)26-24(20)16-18(6)25-22(9-3)17(5)8-2/h8-12,14-15,17,20,24H,2-4,6-7,13,16H2,1,5H3. The molecule has 1 aromatic rings. The molecular weight excluding hydrogens is 316 g/mol. The Bertz CT molecular complexity index is 751. The van der Waals surface area contributed by atoms with Gasteiger partial charge in [-0.2, -0.15) is 0 Å². The highest BCUT2D eigenvalue weighted by atomic mass is 14.9. The molecule has 0 N–H and O–H groups in total. The van der Waals surface area contributed by atoms with Gasteiger partial charge in [0.25, 0.3) is 0 Å². The van der Waals surface area contributed by atoms with Gasteiger partial charge in [0.15, 0.2) is 0 Å². The molecular formula is C24H30N2. The minimum absolute atomic E-state index is 0.138. The lowest BCUT2D eigenvalue weighted by Gasteiger charge is -2.31. The van der Waals surface area contributed by atoms with Crippen LogP contribution >= 0.6 is 0 Å². The molecule has 2 rings (SSSR count). The SMILES string of the molecule is C=CC1=NC(CC(=C)N=C(C=C)C(C)C=C)C(CCC)c2ccccc21. The molecule has 0 saturated heterocycles. The zero-order valence-corrected chi connectivity index (χ0v) is 16.1. The van der Waals surface area contributed by atoms with E-state index in [4.69, 9.17) is 9.98 Å². The lowest BCUT2D eigenvalue weighted by molar-refractivity contribution is 0.486. The van der Waals surface area contributed by atoms with Crippen LogP contribution in [0.15, 0.2) is 84.5 Å². The Kier molecular flexibility index (Phi) is 7.08. The lowest BCUT2D eigenvalue weighted by Crippen LogP contribution is -2.26. The third-order valence-electron chi connectivity index (χ3n) is 4.96. The molecule has 1 heterocycles. The van der Waals surface area contributed by atoms with Gasteiger partial charge in [-0.1, -0.05) is 70.3 Å². The molecule has 3 atom stereocenters. The topological polar surface area (TPSA) is 24.7 Å². The largest absolute Gasteiger partial charge is 0.280 e. The average molecular weight is 347 g/mol. The molecule has 0 aromatic heterocycles. The number of rotatable bonds is 9. The van der Waals surface area contributed by atoms with Gasteiger partial charge in [0.2, 0.25) is 0 Å². The number of hydrogen-bond donors (Lipinski definition) is 0. The molecule has 1 aliphatic heterocycles. The molecule has 0 spiro atoms. The second-order valence-electron chi connectivity index (χ2n) is 6.80. The highest BCUT2D eigenvalue weighted by Gasteiger charge is 2.29. The van der Waals surface area contributed by atoms with Crippen LogP contribution < -0.4 is 0 Å². The monoisotopic (exact) mass is 346 g/mol. The van der Waals surface area contributed by atoms with Crippen LogP contribution in [-0.4, -0.2) is 17.5 Å². The Morgan fingerprint density at radius 1 is 1.27 bits per heavy atom. The first kappa shape index (κ1) is 19.8. The van der Waals surface area contributed by atoms with Crippen LogP contribution in [0.3, 0.4) is 0 Å². The summed E-state index contributed by atoms with van der Waals surface area (Å²) in [5.41, 5.74) is 5.29. The molecule has 1 aromatic carbocycles. The Hall–Kier alpha value is -2.48. The summed E-state index contributed by atoms with van der Waals surface area (Å²) in [5.74, 6) is 0.547. The Morgan fingerprint density at radius 3 is 2.62 bits per heavy atom. The van der Waals surface area contributed by atoms with Gasteiger partial charge in [-0.05, 0) is 24.1 Å². The summed E-state index contributed by atoms with van der Waals surface area (Å²) < 4.78 is 0. The Morgan fingerprint density at radius 2 is 2.00 bits per heavy atom. The van der Waals surface area contributed by atoms with Gasteiger partial charge in [0.1, 0.15) is 0 Å². The molecule has 1 aliphatic rings. The summed E-state index contributed by atoms with van der Waals surface area (Å²) in [6.07, 6.45) is 8.47. The van der Waals surface area contributed by atoms with Gasteiger partial charge < -0.3 is 0 Å². The van der Waals surface area contributed by atoms with E-state index in [0.29, 0.717) is 5.92 Å². The third-order valence-corrected chi connectivity index (χ3v) is 4.96. The van der Waals surface area contributed by atoms with Crippen molar-refractivity contribution in [2.75, 3.05) is 0 Å². The molecule has 3 unspecified atom stereocenters. The van der Waals surface area contributed by atoms with E-state index in [1.165, 1.54) is 11.1 Å². The summed E-state index contributed by atoms with van der Waals surface area (Å²) in [6.45, 7) is 20.1. The summed E-state index contributed by atoms with van der Waals surface area (Å²) in [7, 11) is 0. The van der Waals surface area contributed by atoms with Crippen LogP contribution in [-0.2, 0) is 0 Å². The van der Waals surface area contributed by atoms with E-state index in [1.807, 2.05) is 12.2 Å². The van der Waals surface area contributed by atoms with Crippen LogP contribution in [0.2, 0.25) is 0 Å². The molecule has 0 saturated carbocycles. The van der Waals surface area contributed by atoms with E-state index >= 15 is 0 Å². The second kappa shape index (κ2) is 9.28. The summed E-state index contributed by atoms with van der Waals surface area (Å²) >= 11 is 0. The van der Waals surface area contributed by atoms with Crippen molar-refractivity contribution in [3.63, 3.8) is 0 Å².